The number of hydrogen-bond donors (Lipinski definition) is 2. The molecule has 316 valence electrons. The number of para-hydroxylation sites is 1. The number of benzene rings is 5. The van der Waals surface area contributed by atoms with Gasteiger partial charge in [-0.3, -0.25) is 4.79 Å². The van der Waals surface area contributed by atoms with Crippen molar-refractivity contribution in [3.63, 3.8) is 0 Å². The molecule has 0 fully saturated rings. The average molecular weight is 873 g/mol. The maximum atomic E-state index is 10.3. The van der Waals surface area contributed by atoms with Crippen LogP contribution in [0.25, 0.3) is 23.8 Å². The predicted molar refractivity (Wildman–Crippen MR) is 256 cm³/mol. The second kappa shape index (κ2) is 24.4. The second-order valence-electron chi connectivity index (χ2n) is 15.1. The normalized spacial score (nSPS) is 16.4. The van der Waals surface area contributed by atoms with Crippen molar-refractivity contribution in [2.24, 2.45) is 5.92 Å². The van der Waals surface area contributed by atoms with Crippen LogP contribution in [0.1, 0.15) is 38.2 Å². The van der Waals surface area contributed by atoms with E-state index in [2.05, 4.69) is 206 Å². The van der Waals surface area contributed by atoms with Crippen LogP contribution in [0.15, 0.2) is 157 Å². The quantitative estimate of drug-likeness (QED) is 0.256. The molecule has 0 spiro atoms. The van der Waals surface area contributed by atoms with Crippen LogP contribution in [0.2, 0.25) is 0 Å². The van der Waals surface area contributed by atoms with E-state index in [0.29, 0.717) is 12.0 Å². The Morgan fingerprint density at radius 1 is 0.590 bits per heavy atom. The first-order valence-electron chi connectivity index (χ1n) is 19.8. The SMILES string of the molecule is C1=Cc2ccccc2C1.CN(C)c1ccc(/C=C2\C=[NH+]C3C=CC=CC23)cc1.CN(C)c1ccc(C=C2C=[NH+]c3ccccc32)cc1.CN(C)c1ccc(C=O)cc1.Cl.[Cl-].[Cl-]. The third-order valence-electron chi connectivity index (χ3n) is 10.3. The van der Waals surface area contributed by atoms with Crippen molar-refractivity contribution in [1.82, 2.24) is 0 Å². The lowest BCUT2D eigenvalue weighted by molar-refractivity contribution is -0.479. The zero-order valence-electron chi connectivity index (χ0n) is 35.7. The van der Waals surface area contributed by atoms with Crippen LogP contribution in [0, 0.1) is 5.92 Å². The molecule has 2 unspecified atom stereocenters. The molecule has 9 heteroatoms. The first-order chi connectivity index (χ1) is 28.2. The summed E-state index contributed by atoms with van der Waals surface area (Å²) in [6, 6.07) is 42.0. The highest BCUT2D eigenvalue weighted by atomic mass is 35.5. The molecule has 0 amide bonds. The van der Waals surface area contributed by atoms with Crippen molar-refractivity contribution in [2.75, 3.05) is 57.0 Å². The van der Waals surface area contributed by atoms with Gasteiger partial charge in [-0.15, -0.1) is 12.4 Å². The second-order valence-corrected chi connectivity index (χ2v) is 15.1. The molecular formula is C52H56Cl3N5O. The van der Waals surface area contributed by atoms with Crippen LogP contribution >= 0.6 is 12.4 Å². The zero-order valence-corrected chi connectivity index (χ0v) is 38.0. The third-order valence-corrected chi connectivity index (χ3v) is 10.3. The number of hydrogen-bond acceptors (Lipinski definition) is 4. The van der Waals surface area contributed by atoms with E-state index in [1.807, 2.05) is 43.3 Å². The molecule has 4 aliphatic rings. The molecule has 6 nitrogen and oxygen atoms in total. The van der Waals surface area contributed by atoms with Gasteiger partial charge in [0.15, 0.2) is 18.5 Å². The lowest BCUT2D eigenvalue weighted by atomic mass is 9.90. The Kier molecular flexibility index (Phi) is 19.7. The summed E-state index contributed by atoms with van der Waals surface area (Å²) >= 11 is 0. The molecule has 0 saturated heterocycles. The number of rotatable bonds is 6. The lowest BCUT2D eigenvalue weighted by Crippen LogP contribution is -3.00. The van der Waals surface area contributed by atoms with Crippen molar-refractivity contribution in [3.05, 3.63) is 191 Å². The monoisotopic (exact) mass is 871 g/mol. The lowest BCUT2D eigenvalue weighted by Gasteiger charge is -2.12. The van der Waals surface area contributed by atoms with Gasteiger partial charge in [0, 0.05) is 76.6 Å². The topological polar surface area (TPSA) is 54.7 Å². The minimum absolute atomic E-state index is 0. The Bertz CT molecular complexity index is 2370. The summed E-state index contributed by atoms with van der Waals surface area (Å²) in [5, 5.41) is 0. The minimum atomic E-state index is 0. The van der Waals surface area contributed by atoms with Crippen LogP contribution in [0.4, 0.5) is 22.7 Å². The molecule has 2 aliphatic carbocycles. The number of anilines is 3. The summed E-state index contributed by atoms with van der Waals surface area (Å²) in [6.07, 6.45) is 23.7. The van der Waals surface area contributed by atoms with E-state index >= 15 is 0 Å². The van der Waals surface area contributed by atoms with Crippen molar-refractivity contribution in [1.29, 1.82) is 0 Å². The van der Waals surface area contributed by atoms with Gasteiger partial charge >= 0.3 is 0 Å². The maximum absolute atomic E-state index is 10.3. The fourth-order valence-electron chi connectivity index (χ4n) is 6.88. The van der Waals surface area contributed by atoms with Crippen LogP contribution in [-0.4, -0.2) is 67.0 Å². The van der Waals surface area contributed by atoms with Crippen LogP contribution in [-0.2, 0) is 6.42 Å². The standard InChI is InChI=1S/C17H18N2.C17H16N2.C9H11NO.C9H8.3ClH/c2*1-19(2)15-9-7-13(8-10-15)11-14-12-18-17-6-4-3-5-16(14)17;1-10(2)9-5-3-8(7-11)4-6-9;1-2-5-9-7-3-6-8(9)4-1;;;/h3-12,16-17H,1-2H3;3-12H,1-2H3;3-7H,1-2H3;1-6H,7H2;3*1H/b14-11+;;;;;;. The molecule has 2 N–H and O–H groups in total. The Morgan fingerprint density at radius 2 is 1.11 bits per heavy atom. The molecular weight excluding hydrogens is 817 g/mol. The molecule has 5 aromatic rings. The van der Waals surface area contributed by atoms with E-state index in [0.717, 1.165) is 24.0 Å². The summed E-state index contributed by atoms with van der Waals surface area (Å²) in [7, 11) is 12.2. The molecule has 2 aliphatic heterocycles. The predicted octanol–water partition coefficient (Wildman–Crippen LogP) is 1.75. The van der Waals surface area contributed by atoms with Gasteiger partial charge in [-0.2, -0.15) is 0 Å². The smallest absolute Gasteiger partial charge is 0.211 e. The number of allylic oxidation sites excluding steroid dienone is 4. The fourth-order valence-corrected chi connectivity index (χ4v) is 6.88. The summed E-state index contributed by atoms with van der Waals surface area (Å²) in [5.74, 6) is 0.471. The Morgan fingerprint density at radius 3 is 1.69 bits per heavy atom. The van der Waals surface area contributed by atoms with Crippen LogP contribution in [0.5, 0.6) is 0 Å². The maximum Gasteiger partial charge on any atom is 0.211 e. The highest BCUT2D eigenvalue weighted by molar-refractivity contribution is 6.17. The molecule has 0 aromatic heterocycles. The Labute approximate surface area is 381 Å². The van der Waals surface area contributed by atoms with Crippen LogP contribution < -0.4 is 49.5 Å². The van der Waals surface area contributed by atoms with Crippen molar-refractivity contribution < 1.29 is 39.6 Å². The zero-order chi connectivity index (χ0) is 40.9. The number of nitrogens with zero attached hydrogens (tertiary/aromatic N) is 3. The minimum Gasteiger partial charge on any atom is -1.00 e. The number of aldehydes is 1. The number of fused-ring (bicyclic) bond motifs is 3. The number of halogens is 3. The molecule has 9 rings (SSSR count). The van der Waals surface area contributed by atoms with Gasteiger partial charge in [-0.25, -0.2) is 9.98 Å². The third kappa shape index (κ3) is 13.8. The molecule has 0 bridgehead atoms. The van der Waals surface area contributed by atoms with Gasteiger partial charge in [0.2, 0.25) is 5.69 Å². The van der Waals surface area contributed by atoms with E-state index in [1.165, 1.54) is 56.0 Å². The summed E-state index contributed by atoms with van der Waals surface area (Å²) in [6.45, 7) is 0. The van der Waals surface area contributed by atoms with Gasteiger partial charge in [-0.1, -0.05) is 91.0 Å². The van der Waals surface area contributed by atoms with Gasteiger partial charge in [-0.05, 0) is 101 Å². The van der Waals surface area contributed by atoms with E-state index in [9.17, 15) is 4.79 Å². The van der Waals surface area contributed by atoms with Crippen molar-refractivity contribution >= 4 is 77.7 Å². The molecule has 2 heterocycles. The van der Waals surface area contributed by atoms with Gasteiger partial charge < -0.3 is 39.5 Å². The van der Waals surface area contributed by atoms with E-state index in [4.69, 9.17) is 0 Å². The molecule has 0 saturated carbocycles. The van der Waals surface area contributed by atoms with Gasteiger partial charge in [0.1, 0.15) is 6.29 Å². The highest BCUT2D eigenvalue weighted by Gasteiger charge is 2.31. The van der Waals surface area contributed by atoms with Gasteiger partial charge in [0.05, 0.1) is 17.1 Å². The highest BCUT2D eigenvalue weighted by Crippen LogP contribution is 2.25. The van der Waals surface area contributed by atoms with E-state index in [1.54, 1.807) is 0 Å². The van der Waals surface area contributed by atoms with Crippen LogP contribution in [0.3, 0.4) is 0 Å². The first kappa shape index (κ1) is 49.4. The largest absolute Gasteiger partial charge is 1.00 e. The molecule has 2 atom stereocenters. The average Bonchev–Trinajstić information content (AvgIpc) is 4.01. The summed E-state index contributed by atoms with van der Waals surface area (Å²) in [5.41, 5.74) is 14.6. The number of carbonyl (C=O) groups is 1. The Hall–Kier alpha value is -5.92. The van der Waals surface area contributed by atoms with E-state index < -0.39 is 0 Å². The van der Waals surface area contributed by atoms with Crippen molar-refractivity contribution in [2.45, 2.75) is 12.5 Å². The number of carbonyl (C=O) groups excluding carboxylic acids is 1. The summed E-state index contributed by atoms with van der Waals surface area (Å²) < 4.78 is 0. The van der Waals surface area contributed by atoms with Crippen molar-refractivity contribution in [3.8, 4) is 0 Å². The summed E-state index contributed by atoms with van der Waals surface area (Å²) in [4.78, 5) is 23.2. The fraction of sp³-hybridized carbons (Fsp3) is 0.173. The first-order valence-corrected chi connectivity index (χ1v) is 19.8. The number of nitrogens with one attached hydrogen (secondary N) is 2. The van der Waals surface area contributed by atoms with Gasteiger partial charge in [0.25, 0.3) is 0 Å². The molecule has 0 radical (unpaired) electrons. The van der Waals surface area contributed by atoms with E-state index in [-0.39, 0.29) is 37.2 Å². The Balaban J connectivity index is 0.000000222. The molecule has 61 heavy (non-hydrogen) atoms. The molecule has 5 aromatic carbocycles.